The molecule has 1 aromatic carbocycles. The Labute approximate surface area is 76.3 Å². The monoisotopic (exact) mass is 176 g/mol. The molecule has 2 aromatic rings. The van der Waals surface area contributed by atoms with Crippen LogP contribution in [0.25, 0.3) is 11.0 Å². The number of anilines is 1. The maximum absolute atomic E-state index is 5.69. The molecule has 0 radical (unpaired) electrons. The van der Waals surface area contributed by atoms with Gasteiger partial charge in [-0.25, -0.2) is 0 Å². The highest BCUT2D eigenvalue weighted by atomic mass is 16.3. The summed E-state index contributed by atoms with van der Waals surface area (Å²) in [5.74, 6) is 0.792. The minimum atomic E-state index is -0.0753. The van der Waals surface area contributed by atoms with Gasteiger partial charge in [0.25, 0.3) is 0 Å². The Hall–Kier alpha value is -1.48. The molecule has 0 saturated carbocycles. The normalized spacial score (nSPS) is 13.4. The molecule has 0 saturated heterocycles. The van der Waals surface area contributed by atoms with Gasteiger partial charge in [0.2, 0.25) is 0 Å². The van der Waals surface area contributed by atoms with E-state index in [0.717, 1.165) is 22.4 Å². The first kappa shape index (κ1) is 8.13. The van der Waals surface area contributed by atoms with Crippen molar-refractivity contribution in [2.75, 3.05) is 5.73 Å². The van der Waals surface area contributed by atoms with Crippen molar-refractivity contribution in [3.8, 4) is 0 Å². The zero-order valence-electron chi connectivity index (χ0n) is 7.45. The molecule has 13 heavy (non-hydrogen) atoms. The zero-order chi connectivity index (χ0) is 9.42. The molecule has 0 amide bonds. The van der Waals surface area contributed by atoms with Gasteiger partial charge in [0.15, 0.2) is 0 Å². The summed E-state index contributed by atoms with van der Waals surface area (Å²) in [5, 5.41) is 1.01. The third kappa shape index (κ3) is 1.38. The maximum atomic E-state index is 5.69. The van der Waals surface area contributed by atoms with Crippen molar-refractivity contribution in [3.63, 3.8) is 0 Å². The SMILES string of the molecule is C[C@@H](N)c1cc2cc(N)ccc2o1. The highest BCUT2D eigenvalue weighted by molar-refractivity contribution is 5.81. The number of nitrogen functional groups attached to an aromatic ring is 1. The molecule has 0 aliphatic heterocycles. The lowest BCUT2D eigenvalue weighted by Crippen LogP contribution is -2.02. The molecular weight excluding hydrogens is 164 g/mol. The van der Waals surface area contributed by atoms with E-state index in [9.17, 15) is 0 Å². The molecule has 4 N–H and O–H groups in total. The number of fused-ring (bicyclic) bond motifs is 1. The average molecular weight is 176 g/mol. The van der Waals surface area contributed by atoms with Crippen LogP contribution in [0.3, 0.4) is 0 Å². The molecule has 1 heterocycles. The summed E-state index contributed by atoms with van der Waals surface area (Å²) < 4.78 is 5.50. The van der Waals surface area contributed by atoms with E-state index >= 15 is 0 Å². The minimum Gasteiger partial charge on any atom is -0.459 e. The molecule has 0 spiro atoms. The number of furan rings is 1. The van der Waals surface area contributed by atoms with Crippen molar-refractivity contribution in [1.29, 1.82) is 0 Å². The summed E-state index contributed by atoms with van der Waals surface area (Å²) in [4.78, 5) is 0. The fourth-order valence-corrected chi connectivity index (χ4v) is 1.31. The Morgan fingerprint density at radius 3 is 2.77 bits per heavy atom. The van der Waals surface area contributed by atoms with Crippen LogP contribution in [0.5, 0.6) is 0 Å². The molecule has 68 valence electrons. The van der Waals surface area contributed by atoms with Crippen molar-refractivity contribution >= 4 is 16.7 Å². The Morgan fingerprint density at radius 2 is 2.08 bits per heavy atom. The molecule has 0 fully saturated rings. The van der Waals surface area contributed by atoms with Crippen molar-refractivity contribution in [2.24, 2.45) is 5.73 Å². The first-order valence-electron chi connectivity index (χ1n) is 4.21. The van der Waals surface area contributed by atoms with Crippen LogP contribution in [-0.4, -0.2) is 0 Å². The molecule has 3 heteroatoms. The zero-order valence-corrected chi connectivity index (χ0v) is 7.45. The fourth-order valence-electron chi connectivity index (χ4n) is 1.31. The first-order valence-corrected chi connectivity index (χ1v) is 4.21. The van der Waals surface area contributed by atoms with Gasteiger partial charge in [0, 0.05) is 11.1 Å². The second kappa shape index (κ2) is 2.78. The third-order valence-electron chi connectivity index (χ3n) is 2.01. The number of hydrogen-bond acceptors (Lipinski definition) is 3. The quantitative estimate of drug-likeness (QED) is 0.653. The van der Waals surface area contributed by atoms with Crippen molar-refractivity contribution < 1.29 is 4.42 Å². The standard InChI is InChI=1S/C10H12N2O/c1-6(11)10-5-7-4-8(12)2-3-9(7)13-10/h2-6H,11-12H2,1H3/t6-/m1/s1. The predicted octanol–water partition coefficient (Wildman–Crippen LogP) is 2.03. The fraction of sp³-hybridized carbons (Fsp3) is 0.200. The van der Waals surface area contributed by atoms with Gasteiger partial charge in [-0.3, -0.25) is 0 Å². The number of rotatable bonds is 1. The van der Waals surface area contributed by atoms with Crippen LogP contribution in [0, 0.1) is 0 Å². The molecule has 0 aliphatic rings. The van der Waals surface area contributed by atoms with Crippen molar-refractivity contribution in [1.82, 2.24) is 0 Å². The second-order valence-corrected chi connectivity index (χ2v) is 3.23. The summed E-state index contributed by atoms with van der Waals surface area (Å²) in [5.41, 5.74) is 12.9. The lowest BCUT2D eigenvalue weighted by atomic mass is 10.2. The van der Waals surface area contributed by atoms with Gasteiger partial charge in [-0.05, 0) is 31.2 Å². The Balaban J connectivity index is 2.62. The molecular formula is C10H12N2O. The van der Waals surface area contributed by atoms with E-state index in [0.29, 0.717) is 0 Å². The highest BCUT2D eigenvalue weighted by Gasteiger charge is 2.06. The molecule has 0 aliphatic carbocycles. The first-order chi connectivity index (χ1) is 6.16. The van der Waals surface area contributed by atoms with E-state index in [4.69, 9.17) is 15.9 Å². The summed E-state index contributed by atoms with van der Waals surface area (Å²) >= 11 is 0. The van der Waals surface area contributed by atoms with Crippen LogP contribution in [-0.2, 0) is 0 Å². The highest BCUT2D eigenvalue weighted by Crippen LogP contribution is 2.24. The van der Waals surface area contributed by atoms with E-state index in [1.165, 1.54) is 0 Å². The van der Waals surface area contributed by atoms with Crippen LogP contribution < -0.4 is 11.5 Å². The smallest absolute Gasteiger partial charge is 0.134 e. The molecule has 3 nitrogen and oxygen atoms in total. The van der Waals surface area contributed by atoms with Crippen molar-refractivity contribution in [3.05, 3.63) is 30.0 Å². The lowest BCUT2D eigenvalue weighted by Gasteiger charge is -1.96. The number of nitrogens with two attached hydrogens (primary N) is 2. The topological polar surface area (TPSA) is 65.2 Å². The van der Waals surface area contributed by atoms with E-state index in [2.05, 4.69) is 0 Å². The lowest BCUT2D eigenvalue weighted by molar-refractivity contribution is 0.513. The van der Waals surface area contributed by atoms with Gasteiger partial charge in [-0.1, -0.05) is 0 Å². The van der Waals surface area contributed by atoms with Gasteiger partial charge >= 0.3 is 0 Å². The second-order valence-electron chi connectivity index (χ2n) is 3.23. The van der Waals surface area contributed by atoms with Gasteiger partial charge < -0.3 is 15.9 Å². The molecule has 1 atom stereocenters. The summed E-state index contributed by atoms with van der Waals surface area (Å²) in [6.45, 7) is 1.89. The van der Waals surface area contributed by atoms with Crippen LogP contribution in [0.2, 0.25) is 0 Å². The predicted molar refractivity (Wildman–Crippen MR) is 53.2 cm³/mol. The Morgan fingerprint density at radius 1 is 1.31 bits per heavy atom. The minimum absolute atomic E-state index is 0.0753. The average Bonchev–Trinajstić information content (AvgIpc) is 2.46. The van der Waals surface area contributed by atoms with Gasteiger partial charge in [0.05, 0.1) is 6.04 Å². The summed E-state index contributed by atoms with van der Waals surface area (Å²) in [6.07, 6.45) is 0. The van der Waals surface area contributed by atoms with Gasteiger partial charge in [-0.15, -0.1) is 0 Å². The number of hydrogen-bond donors (Lipinski definition) is 2. The molecule has 1 aromatic heterocycles. The van der Waals surface area contributed by atoms with Crippen LogP contribution in [0.1, 0.15) is 18.7 Å². The molecule has 0 unspecified atom stereocenters. The summed E-state index contributed by atoms with van der Waals surface area (Å²) in [6, 6.07) is 7.41. The van der Waals surface area contributed by atoms with Gasteiger partial charge in [-0.2, -0.15) is 0 Å². The van der Waals surface area contributed by atoms with E-state index in [1.54, 1.807) is 0 Å². The summed E-state index contributed by atoms with van der Waals surface area (Å²) in [7, 11) is 0. The van der Waals surface area contributed by atoms with Crippen LogP contribution >= 0.6 is 0 Å². The Bertz CT molecular complexity index is 431. The Kier molecular flexibility index (Phi) is 1.74. The number of benzene rings is 1. The largest absolute Gasteiger partial charge is 0.459 e. The van der Waals surface area contributed by atoms with E-state index < -0.39 is 0 Å². The molecule has 0 bridgehead atoms. The third-order valence-corrected chi connectivity index (χ3v) is 2.01. The van der Waals surface area contributed by atoms with Crippen LogP contribution in [0.4, 0.5) is 5.69 Å². The maximum Gasteiger partial charge on any atom is 0.134 e. The van der Waals surface area contributed by atoms with E-state index in [-0.39, 0.29) is 6.04 Å². The van der Waals surface area contributed by atoms with Crippen molar-refractivity contribution in [2.45, 2.75) is 13.0 Å². The van der Waals surface area contributed by atoms with Crippen LogP contribution in [0.15, 0.2) is 28.7 Å². The van der Waals surface area contributed by atoms with E-state index in [1.807, 2.05) is 31.2 Å². The molecule has 2 rings (SSSR count). The van der Waals surface area contributed by atoms with Gasteiger partial charge in [0.1, 0.15) is 11.3 Å².